The molecule has 2 rings (SSSR count). The van der Waals surface area contributed by atoms with Crippen LogP contribution in [0, 0.1) is 19.8 Å². The number of aliphatic hydroxyl groups is 1. The maximum Gasteiger partial charge on any atom is 0.0715 e. The minimum absolute atomic E-state index is 0.240. The van der Waals surface area contributed by atoms with Crippen molar-refractivity contribution in [1.82, 2.24) is 0 Å². The third-order valence-corrected chi connectivity index (χ3v) is 4.65. The first-order chi connectivity index (χ1) is 9.06. The summed E-state index contributed by atoms with van der Waals surface area (Å²) < 4.78 is 1.08. The summed E-state index contributed by atoms with van der Waals surface area (Å²) in [6, 6.07) is 4.27. The van der Waals surface area contributed by atoms with Gasteiger partial charge in [-0.2, -0.15) is 0 Å². The van der Waals surface area contributed by atoms with E-state index in [1.807, 2.05) is 0 Å². The molecule has 1 aliphatic carbocycles. The monoisotopic (exact) mass is 325 g/mol. The summed E-state index contributed by atoms with van der Waals surface area (Å²) in [6.07, 6.45) is 5.97. The molecule has 0 radical (unpaired) electrons. The molecule has 2 nitrogen and oxygen atoms in total. The van der Waals surface area contributed by atoms with Gasteiger partial charge < -0.3 is 10.4 Å². The zero-order chi connectivity index (χ0) is 13.8. The van der Waals surface area contributed by atoms with Crippen molar-refractivity contribution in [2.45, 2.75) is 52.1 Å². The van der Waals surface area contributed by atoms with E-state index in [-0.39, 0.29) is 6.10 Å². The molecule has 1 fully saturated rings. The first kappa shape index (κ1) is 14.9. The SMILES string of the molecule is Cc1cc(C)c(NCC(O)CC2CCCC2)c(Br)c1. The second kappa shape index (κ2) is 6.76. The van der Waals surface area contributed by atoms with Crippen molar-refractivity contribution in [2.75, 3.05) is 11.9 Å². The molecule has 0 spiro atoms. The fraction of sp³-hybridized carbons (Fsp3) is 0.625. The fourth-order valence-electron chi connectivity index (χ4n) is 3.07. The molecule has 0 amide bonds. The maximum atomic E-state index is 10.1. The van der Waals surface area contributed by atoms with Crippen LogP contribution in [0.3, 0.4) is 0 Å². The smallest absolute Gasteiger partial charge is 0.0715 e. The van der Waals surface area contributed by atoms with Gasteiger partial charge in [-0.15, -0.1) is 0 Å². The molecule has 0 aliphatic heterocycles. The van der Waals surface area contributed by atoms with E-state index < -0.39 is 0 Å². The fourth-order valence-corrected chi connectivity index (χ4v) is 3.89. The van der Waals surface area contributed by atoms with E-state index in [9.17, 15) is 5.11 Å². The Kier molecular flexibility index (Phi) is 5.28. The van der Waals surface area contributed by atoms with Crippen LogP contribution in [0.25, 0.3) is 0 Å². The van der Waals surface area contributed by atoms with Gasteiger partial charge in [-0.25, -0.2) is 0 Å². The van der Waals surface area contributed by atoms with Gasteiger partial charge in [-0.05, 0) is 59.3 Å². The molecule has 1 atom stereocenters. The van der Waals surface area contributed by atoms with Gasteiger partial charge in [-0.1, -0.05) is 31.7 Å². The molecule has 0 heterocycles. The van der Waals surface area contributed by atoms with E-state index in [0.29, 0.717) is 6.54 Å². The van der Waals surface area contributed by atoms with Crippen molar-refractivity contribution in [1.29, 1.82) is 0 Å². The second-order valence-electron chi connectivity index (χ2n) is 5.86. The van der Waals surface area contributed by atoms with E-state index >= 15 is 0 Å². The summed E-state index contributed by atoms with van der Waals surface area (Å²) in [5.74, 6) is 0.736. The summed E-state index contributed by atoms with van der Waals surface area (Å²) >= 11 is 3.59. The summed E-state index contributed by atoms with van der Waals surface area (Å²) in [6.45, 7) is 4.83. The molecule has 0 bridgehead atoms. The number of benzene rings is 1. The van der Waals surface area contributed by atoms with Crippen molar-refractivity contribution in [2.24, 2.45) is 5.92 Å². The zero-order valence-electron chi connectivity index (χ0n) is 11.9. The van der Waals surface area contributed by atoms with E-state index in [2.05, 4.69) is 47.2 Å². The molecule has 19 heavy (non-hydrogen) atoms. The van der Waals surface area contributed by atoms with Gasteiger partial charge in [0.15, 0.2) is 0 Å². The highest BCUT2D eigenvalue weighted by molar-refractivity contribution is 9.10. The number of hydrogen-bond acceptors (Lipinski definition) is 2. The van der Waals surface area contributed by atoms with Crippen molar-refractivity contribution in [3.05, 3.63) is 27.7 Å². The van der Waals surface area contributed by atoms with Gasteiger partial charge in [0.05, 0.1) is 11.8 Å². The van der Waals surface area contributed by atoms with Gasteiger partial charge in [0, 0.05) is 11.0 Å². The number of aryl methyl sites for hydroxylation is 2. The summed E-state index contributed by atoms with van der Waals surface area (Å²) in [4.78, 5) is 0. The molecule has 1 saturated carbocycles. The topological polar surface area (TPSA) is 32.3 Å². The van der Waals surface area contributed by atoms with Crippen molar-refractivity contribution >= 4 is 21.6 Å². The molecule has 0 saturated heterocycles. The van der Waals surface area contributed by atoms with Crippen LogP contribution in [0.4, 0.5) is 5.69 Å². The summed E-state index contributed by atoms with van der Waals surface area (Å²) in [5.41, 5.74) is 3.58. The average molecular weight is 326 g/mol. The van der Waals surface area contributed by atoms with E-state index in [1.54, 1.807) is 0 Å². The minimum atomic E-state index is -0.240. The minimum Gasteiger partial charge on any atom is -0.391 e. The molecular formula is C16H24BrNO. The van der Waals surface area contributed by atoms with Gasteiger partial charge in [0.1, 0.15) is 0 Å². The Bertz CT molecular complexity index is 404. The Morgan fingerprint density at radius 2 is 2.00 bits per heavy atom. The Hall–Kier alpha value is -0.540. The molecular weight excluding hydrogens is 302 g/mol. The summed E-state index contributed by atoms with van der Waals surface area (Å²) in [5, 5.41) is 13.5. The number of halogens is 1. The Morgan fingerprint density at radius 1 is 1.32 bits per heavy atom. The lowest BCUT2D eigenvalue weighted by atomic mass is 10.00. The Balaban J connectivity index is 1.87. The van der Waals surface area contributed by atoms with Crippen LogP contribution >= 0.6 is 15.9 Å². The highest BCUT2D eigenvalue weighted by Crippen LogP contribution is 2.30. The standard InChI is InChI=1S/C16H24BrNO/c1-11-7-12(2)16(15(17)8-11)18-10-14(19)9-13-5-3-4-6-13/h7-8,13-14,18-19H,3-6,9-10H2,1-2H3. The molecule has 106 valence electrons. The lowest BCUT2D eigenvalue weighted by molar-refractivity contribution is 0.155. The highest BCUT2D eigenvalue weighted by atomic mass is 79.9. The normalized spacial score (nSPS) is 17.7. The van der Waals surface area contributed by atoms with Crippen molar-refractivity contribution in [3.8, 4) is 0 Å². The van der Waals surface area contributed by atoms with E-state index in [0.717, 1.165) is 22.5 Å². The van der Waals surface area contributed by atoms with Gasteiger partial charge in [-0.3, -0.25) is 0 Å². The van der Waals surface area contributed by atoms with Crippen LogP contribution in [0.5, 0.6) is 0 Å². The van der Waals surface area contributed by atoms with Crippen molar-refractivity contribution < 1.29 is 5.11 Å². The second-order valence-corrected chi connectivity index (χ2v) is 6.71. The predicted octanol–water partition coefficient (Wildman–Crippen LogP) is 4.42. The first-order valence-corrected chi connectivity index (χ1v) is 8.04. The number of nitrogens with one attached hydrogen (secondary N) is 1. The quantitative estimate of drug-likeness (QED) is 0.839. The molecule has 1 aromatic carbocycles. The molecule has 3 heteroatoms. The molecule has 2 N–H and O–H groups in total. The van der Waals surface area contributed by atoms with Crippen LogP contribution in [0.15, 0.2) is 16.6 Å². The Morgan fingerprint density at radius 3 is 2.63 bits per heavy atom. The largest absolute Gasteiger partial charge is 0.391 e. The predicted molar refractivity (Wildman–Crippen MR) is 84.7 cm³/mol. The van der Waals surface area contributed by atoms with Crippen LogP contribution in [0.1, 0.15) is 43.2 Å². The number of aliphatic hydroxyl groups excluding tert-OH is 1. The zero-order valence-corrected chi connectivity index (χ0v) is 13.5. The number of hydrogen-bond donors (Lipinski definition) is 2. The molecule has 1 aliphatic rings. The van der Waals surface area contributed by atoms with Gasteiger partial charge >= 0.3 is 0 Å². The van der Waals surface area contributed by atoms with Crippen LogP contribution in [-0.2, 0) is 0 Å². The van der Waals surface area contributed by atoms with Crippen LogP contribution < -0.4 is 5.32 Å². The van der Waals surface area contributed by atoms with Crippen LogP contribution in [0.2, 0.25) is 0 Å². The van der Waals surface area contributed by atoms with Gasteiger partial charge in [0.25, 0.3) is 0 Å². The molecule has 1 unspecified atom stereocenters. The third-order valence-electron chi connectivity index (χ3n) is 4.03. The molecule has 1 aromatic rings. The third kappa shape index (κ3) is 4.22. The highest BCUT2D eigenvalue weighted by Gasteiger charge is 2.19. The summed E-state index contributed by atoms with van der Waals surface area (Å²) in [7, 11) is 0. The van der Waals surface area contributed by atoms with E-state index in [1.165, 1.54) is 36.8 Å². The maximum absolute atomic E-state index is 10.1. The lowest BCUT2D eigenvalue weighted by Gasteiger charge is -2.18. The number of rotatable bonds is 5. The number of anilines is 1. The average Bonchev–Trinajstić information content (AvgIpc) is 2.80. The first-order valence-electron chi connectivity index (χ1n) is 7.25. The van der Waals surface area contributed by atoms with Crippen LogP contribution in [-0.4, -0.2) is 17.8 Å². The van der Waals surface area contributed by atoms with Crippen molar-refractivity contribution in [3.63, 3.8) is 0 Å². The van der Waals surface area contributed by atoms with E-state index in [4.69, 9.17) is 0 Å². The lowest BCUT2D eigenvalue weighted by Crippen LogP contribution is -2.22. The Labute approximate surface area is 124 Å². The van der Waals surface area contributed by atoms with Gasteiger partial charge in [0.2, 0.25) is 0 Å². The molecule has 0 aromatic heterocycles.